The minimum Gasteiger partial charge on any atom is -0.361 e. The lowest BCUT2D eigenvalue weighted by Gasteiger charge is -2.26. The summed E-state index contributed by atoms with van der Waals surface area (Å²) in [4.78, 5) is 22.3. The zero-order valence-corrected chi connectivity index (χ0v) is 17.6. The second kappa shape index (κ2) is 8.40. The van der Waals surface area contributed by atoms with E-state index in [4.69, 9.17) is 16.1 Å². The second-order valence-corrected chi connectivity index (χ2v) is 8.02. The molecule has 1 amide bonds. The van der Waals surface area contributed by atoms with Crippen molar-refractivity contribution in [3.8, 4) is 11.4 Å². The van der Waals surface area contributed by atoms with Crippen molar-refractivity contribution in [2.75, 3.05) is 13.1 Å². The Hall–Kier alpha value is -3.38. The van der Waals surface area contributed by atoms with Crippen LogP contribution in [-0.2, 0) is 11.2 Å². The van der Waals surface area contributed by atoms with Gasteiger partial charge in [0.25, 0.3) is 0 Å². The van der Waals surface area contributed by atoms with Gasteiger partial charge in [-0.1, -0.05) is 41.0 Å². The molecule has 0 aliphatic carbocycles. The number of hydrogen-bond donors (Lipinski definition) is 1. The number of aromatic amines is 1. The summed E-state index contributed by atoms with van der Waals surface area (Å²) in [6.07, 6.45) is 5.83. The zero-order chi connectivity index (χ0) is 21.2. The summed E-state index contributed by atoms with van der Waals surface area (Å²) >= 11 is 5.91. The molecule has 0 unspecified atom stereocenters. The summed E-state index contributed by atoms with van der Waals surface area (Å²) in [5.41, 5.74) is 4.47. The number of para-hydroxylation sites is 1. The summed E-state index contributed by atoms with van der Waals surface area (Å²) < 4.78 is 5.31. The van der Waals surface area contributed by atoms with Gasteiger partial charge in [-0.2, -0.15) is 4.98 Å². The first-order chi connectivity index (χ1) is 15.2. The minimum atomic E-state index is 0.0977. The van der Waals surface area contributed by atoms with Crippen molar-refractivity contribution in [2.45, 2.75) is 19.3 Å². The highest BCUT2D eigenvalue weighted by Gasteiger charge is 2.20. The van der Waals surface area contributed by atoms with Gasteiger partial charge < -0.3 is 14.4 Å². The number of nitrogens with one attached hydrogen (secondary N) is 1. The highest BCUT2D eigenvalue weighted by atomic mass is 35.5. The number of halogens is 1. The van der Waals surface area contributed by atoms with Crippen LogP contribution in [0.3, 0.4) is 0 Å². The van der Waals surface area contributed by atoms with Crippen LogP contribution in [0.15, 0.2) is 65.3 Å². The third-order valence-corrected chi connectivity index (χ3v) is 5.87. The minimum absolute atomic E-state index is 0.0977. The van der Waals surface area contributed by atoms with Gasteiger partial charge in [-0.15, -0.1) is 0 Å². The van der Waals surface area contributed by atoms with E-state index >= 15 is 0 Å². The second-order valence-electron chi connectivity index (χ2n) is 7.59. The van der Waals surface area contributed by atoms with Crippen molar-refractivity contribution in [2.24, 2.45) is 0 Å². The van der Waals surface area contributed by atoms with Gasteiger partial charge in [0.2, 0.25) is 17.6 Å². The molecule has 4 aromatic rings. The first-order valence-corrected chi connectivity index (χ1v) is 10.7. The smallest absolute Gasteiger partial charge is 0.227 e. The number of benzene rings is 2. The largest absolute Gasteiger partial charge is 0.361 e. The normalized spacial score (nSPS) is 14.1. The quantitative estimate of drug-likeness (QED) is 0.475. The van der Waals surface area contributed by atoms with Crippen molar-refractivity contribution >= 4 is 34.0 Å². The number of carbonyl (C=O) groups is 1. The van der Waals surface area contributed by atoms with E-state index in [-0.39, 0.29) is 5.91 Å². The molecule has 2 aromatic carbocycles. The molecule has 156 valence electrons. The molecule has 1 N–H and O–H groups in total. The van der Waals surface area contributed by atoms with Gasteiger partial charge in [-0.3, -0.25) is 4.79 Å². The highest BCUT2D eigenvalue weighted by molar-refractivity contribution is 6.30. The summed E-state index contributed by atoms with van der Waals surface area (Å²) in [7, 11) is 0. The Morgan fingerprint density at radius 3 is 2.81 bits per heavy atom. The molecular formula is C24H21ClN4O2. The van der Waals surface area contributed by atoms with Crippen molar-refractivity contribution in [1.82, 2.24) is 20.0 Å². The van der Waals surface area contributed by atoms with Crippen molar-refractivity contribution in [3.05, 3.63) is 77.3 Å². The van der Waals surface area contributed by atoms with E-state index in [1.54, 1.807) is 12.1 Å². The topological polar surface area (TPSA) is 75.0 Å². The van der Waals surface area contributed by atoms with Crippen LogP contribution in [0, 0.1) is 0 Å². The number of carbonyl (C=O) groups excluding carboxylic acids is 1. The lowest BCUT2D eigenvalue weighted by atomic mass is 9.99. The summed E-state index contributed by atoms with van der Waals surface area (Å²) in [5.74, 6) is 1.06. The molecule has 0 saturated carbocycles. The molecule has 1 aliphatic rings. The first kappa shape index (κ1) is 19.6. The fourth-order valence-corrected chi connectivity index (χ4v) is 4.05. The Kier molecular flexibility index (Phi) is 5.30. The number of nitrogens with zero attached hydrogens (tertiary/aromatic N) is 3. The van der Waals surface area contributed by atoms with E-state index in [2.05, 4.69) is 45.6 Å². The standard InChI is InChI=1S/C24H21ClN4O2/c25-18-7-5-17(6-8-18)24-27-22(31-28-24)9-10-23(30)29-13-11-16(12-14-29)20-15-26-21-4-2-1-3-19(20)21/h1-8,11,15,26H,9-10,12-14H2. The fourth-order valence-electron chi connectivity index (χ4n) is 3.92. The molecule has 0 radical (unpaired) electrons. The summed E-state index contributed by atoms with van der Waals surface area (Å²) in [6.45, 7) is 1.33. The molecule has 0 saturated heterocycles. The molecular weight excluding hydrogens is 412 g/mol. The third-order valence-electron chi connectivity index (χ3n) is 5.62. The molecule has 6 nitrogen and oxygen atoms in total. The van der Waals surface area contributed by atoms with Crippen LogP contribution in [0.4, 0.5) is 0 Å². The molecule has 2 aromatic heterocycles. The monoisotopic (exact) mass is 432 g/mol. The molecule has 0 fully saturated rings. The van der Waals surface area contributed by atoms with E-state index < -0.39 is 0 Å². The average Bonchev–Trinajstić information content (AvgIpc) is 3.45. The number of aryl methyl sites for hydroxylation is 1. The lowest BCUT2D eigenvalue weighted by Crippen LogP contribution is -2.34. The molecule has 0 spiro atoms. The maximum Gasteiger partial charge on any atom is 0.227 e. The van der Waals surface area contributed by atoms with Gasteiger partial charge in [0, 0.05) is 59.2 Å². The Labute approximate surface area is 184 Å². The van der Waals surface area contributed by atoms with E-state index in [0.717, 1.165) is 17.5 Å². The van der Waals surface area contributed by atoms with Gasteiger partial charge in [0.05, 0.1) is 0 Å². The fraction of sp³-hybridized carbons (Fsp3) is 0.208. The Bertz CT molecular complexity index is 1260. The number of aromatic nitrogens is 3. The van der Waals surface area contributed by atoms with Crippen LogP contribution in [-0.4, -0.2) is 39.0 Å². The van der Waals surface area contributed by atoms with Crippen molar-refractivity contribution in [3.63, 3.8) is 0 Å². The van der Waals surface area contributed by atoms with Crippen LogP contribution in [0.5, 0.6) is 0 Å². The number of hydrogen-bond acceptors (Lipinski definition) is 4. The Morgan fingerprint density at radius 2 is 2.00 bits per heavy atom. The predicted octanol–water partition coefficient (Wildman–Crippen LogP) is 5.12. The van der Waals surface area contributed by atoms with Gasteiger partial charge in [-0.25, -0.2) is 0 Å². The number of amides is 1. The molecule has 7 heteroatoms. The number of rotatable bonds is 5. The van der Waals surface area contributed by atoms with Gasteiger partial charge >= 0.3 is 0 Å². The SMILES string of the molecule is O=C(CCc1nc(-c2ccc(Cl)cc2)no1)N1CC=C(c2c[nH]c3ccccc23)CC1. The van der Waals surface area contributed by atoms with E-state index in [1.807, 2.05) is 23.1 Å². The molecule has 0 atom stereocenters. The molecule has 1 aliphatic heterocycles. The first-order valence-electron chi connectivity index (χ1n) is 10.3. The lowest BCUT2D eigenvalue weighted by molar-refractivity contribution is -0.130. The number of fused-ring (bicyclic) bond motifs is 1. The maximum atomic E-state index is 12.7. The maximum absolute atomic E-state index is 12.7. The Balaban J connectivity index is 1.19. The third kappa shape index (κ3) is 4.11. The average molecular weight is 433 g/mol. The van der Waals surface area contributed by atoms with Crippen LogP contribution < -0.4 is 0 Å². The summed E-state index contributed by atoms with van der Waals surface area (Å²) in [6, 6.07) is 15.5. The van der Waals surface area contributed by atoms with Crippen molar-refractivity contribution < 1.29 is 9.32 Å². The molecule has 0 bridgehead atoms. The van der Waals surface area contributed by atoms with Gasteiger partial charge in [-0.05, 0) is 42.3 Å². The Morgan fingerprint density at radius 1 is 1.16 bits per heavy atom. The predicted molar refractivity (Wildman–Crippen MR) is 121 cm³/mol. The van der Waals surface area contributed by atoms with Gasteiger partial charge in [0.1, 0.15) is 0 Å². The summed E-state index contributed by atoms with van der Waals surface area (Å²) in [5, 5.41) is 5.88. The molecule has 31 heavy (non-hydrogen) atoms. The molecule has 3 heterocycles. The molecule has 5 rings (SSSR count). The van der Waals surface area contributed by atoms with Crippen LogP contribution in [0.2, 0.25) is 5.02 Å². The van der Waals surface area contributed by atoms with E-state index in [1.165, 1.54) is 16.5 Å². The van der Waals surface area contributed by atoms with Crippen LogP contribution in [0.25, 0.3) is 27.9 Å². The highest BCUT2D eigenvalue weighted by Crippen LogP contribution is 2.29. The van der Waals surface area contributed by atoms with Crippen LogP contribution >= 0.6 is 11.6 Å². The van der Waals surface area contributed by atoms with E-state index in [0.29, 0.717) is 42.7 Å². The van der Waals surface area contributed by atoms with Gasteiger partial charge in [0.15, 0.2) is 0 Å². The van der Waals surface area contributed by atoms with Crippen molar-refractivity contribution in [1.29, 1.82) is 0 Å². The number of H-pyrrole nitrogens is 1. The van der Waals surface area contributed by atoms with Crippen LogP contribution in [0.1, 0.15) is 24.3 Å². The van der Waals surface area contributed by atoms with E-state index in [9.17, 15) is 4.79 Å². The zero-order valence-electron chi connectivity index (χ0n) is 16.8.